The quantitative estimate of drug-likeness (QED) is 0.527. The van der Waals surface area contributed by atoms with Crippen LogP contribution in [-0.2, 0) is 0 Å². The van der Waals surface area contributed by atoms with E-state index in [1.54, 1.807) is 53.2 Å². The van der Waals surface area contributed by atoms with Crippen molar-refractivity contribution >= 4 is 51.6 Å². The van der Waals surface area contributed by atoms with Gasteiger partial charge in [-0.05, 0) is 54.1 Å². The van der Waals surface area contributed by atoms with Crippen LogP contribution in [0, 0.1) is 0 Å². The monoisotopic (exact) mass is 384 g/mol. The van der Waals surface area contributed by atoms with E-state index in [9.17, 15) is 4.79 Å². The highest BCUT2D eigenvalue weighted by Crippen LogP contribution is 2.32. The second-order valence-electron chi connectivity index (χ2n) is 4.69. The van der Waals surface area contributed by atoms with Gasteiger partial charge in [0.2, 0.25) is 0 Å². The number of hydrogen-bond acceptors (Lipinski definition) is 2. The minimum Gasteiger partial charge on any atom is -0.299 e. The fourth-order valence-electron chi connectivity index (χ4n) is 2.13. The van der Waals surface area contributed by atoms with E-state index in [2.05, 4.69) is 4.98 Å². The molecule has 0 aliphatic carbocycles. The molecule has 0 bridgehead atoms. The zero-order chi connectivity index (χ0) is 16.6. The van der Waals surface area contributed by atoms with E-state index in [-0.39, 0.29) is 5.69 Å². The molecule has 0 unspecified atom stereocenters. The second-order valence-corrected chi connectivity index (χ2v) is 6.32. The molecule has 0 atom stereocenters. The molecule has 3 aromatic rings. The minimum absolute atomic E-state index is 0.127. The molecule has 1 aromatic heterocycles. The Morgan fingerprint density at radius 3 is 2.22 bits per heavy atom. The zero-order valence-corrected chi connectivity index (χ0v) is 14.5. The average Bonchev–Trinajstić information content (AvgIpc) is 2.93. The lowest BCUT2D eigenvalue weighted by Crippen LogP contribution is -1.96. The Kier molecular flexibility index (Phi) is 4.64. The Labute approximate surface area is 152 Å². The van der Waals surface area contributed by atoms with Crippen LogP contribution in [0.25, 0.3) is 17.1 Å². The second kappa shape index (κ2) is 6.54. The van der Waals surface area contributed by atoms with E-state index < -0.39 is 5.24 Å². The van der Waals surface area contributed by atoms with Crippen LogP contribution in [0.3, 0.4) is 0 Å². The summed E-state index contributed by atoms with van der Waals surface area (Å²) in [6, 6.07) is 12.1. The van der Waals surface area contributed by atoms with E-state index in [0.717, 1.165) is 5.69 Å². The Morgan fingerprint density at radius 2 is 1.61 bits per heavy atom. The molecule has 0 radical (unpaired) electrons. The van der Waals surface area contributed by atoms with Gasteiger partial charge >= 0.3 is 0 Å². The highest BCUT2D eigenvalue weighted by atomic mass is 35.5. The molecule has 3 rings (SSSR count). The highest BCUT2D eigenvalue weighted by molar-refractivity contribution is 6.67. The van der Waals surface area contributed by atoms with Gasteiger partial charge in [-0.2, -0.15) is 0 Å². The number of imidazole rings is 1. The Morgan fingerprint density at radius 1 is 0.957 bits per heavy atom. The van der Waals surface area contributed by atoms with Gasteiger partial charge in [-0.15, -0.1) is 0 Å². The Balaban J connectivity index is 2.22. The lowest BCUT2D eigenvalue weighted by atomic mass is 10.2. The van der Waals surface area contributed by atoms with Crippen LogP contribution in [0.1, 0.15) is 10.5 Å². The van der Waals surface area contributed by atoms with Gasteiger partial charge in [-0.3, -0.25) is 9.36 Å². The minimum atomic E-state index is -0.649. The summed E-state index contributed by atoms with van der Waals surface area (Å²) >= 11 is 23.7. The lowest BCUT2D eigenvalue weighted by Gasteiger charge is -2.09. The van der Waals surface area contributed by atoms with Gasteiger partial charge in [0, 0.05) is 27.5 Å². The van der Waals surface area contributed by atoms with Gasteiger partial charge in [0.25, 0.3) is 5.24 Å². The topological polar surface area (TPSA) is 34.9 Å². The van der Waals surface area contributed by atoms with Crippen LogP contribution in [0.4, 0.5) is 0 Å². The third-order valence-electron chi connectivity index (χ3n) is 3.18. The van der Waals surface area contributed by atoms with Crippen molar-refractivity contribution in [2.24, 2.45) is 0 Å². The number of aromatic nitrogens is 2. The smallest absolute Gasteiger partial charge is 0.272 e. The van der Waals surface area contributed by atoms with Crippen LogP contribution in [-0.4, -0.2) is 14.8 Å². The summed E-state index contributed by atoms with van der Waals surface area (Å²) in [6.07, 6.45) is 1.55. The molecule has 3 nitrogen and oxygen atoms in total. The molecule has 116 valence electrons. The van der Waals surface area contributed by atoms with Crippen molar-refractivity contribution in [2.45, 2.75) is 0 Å². The third-order valence-corrected chi connectivity index (χ3v) is 4.18. The number of carbonyl (C=O) groups excluding carboxylic acids is 1. The largest absolute Gasteiger partial charge is 0.299 e. The molecule has 0 fully saturated rings. The molecule has 0 aliphatic heterocycles. The maximum atomic E-state index is 11.5. The first-order valence-electron chi connectivity index (χ1n) is 6.46. The lowest BCUT2D eigenvalue weighted by molar-refractivity contribution is 0.107. The molecule has 23 heavy (non-hydrogen) atoms. The summed E-state index contributed by atoms with van der Waals surface area (Å²) in [5.74, 6) is 0.484. The summed E-state index contributed by atoms with van der Waals surface area (Å²) in [7, 11) is 0. The average molecular weight is 386 g/mol. The number of rotatable bonds is 3. The van der Waals surface area contributed by atoms with Gasteiger partial charge in [0.15, 0.2) is 0 Å². The van der Waals surface area contributed by atoms with Crippen LogP contribution >= 0.6 is 46.4 Å². The van der Waals surface area contributed by atoms with Crippen LogP contribution in [0.15, 0.2) is 48.7 Å². The summed E-state index contributed by atoms with van der Waals surface area (Å²) in [5, 5.41) is 0.890. The van der Waals surface area contributed by atoms with Crippen LogP contribution < -0.4 is 0 Å². The van der Waals surface area contributed by atoms with Crippen LogP contribution in [0.5, 0.6) is 0 Å². The molecule has 1 heterocycles. The van der Waals surface area contributed by atoms with Gasteiger partial charge in [-0.25, -0.2) is 4.98 Å². The van der Waals surface area contributed by atoms with Crippen molar-refractivity contribution in [1.82, 2.24) is 9.55 Å². The fourth-order valence-corrected chi connectivity index (χ4v) is 2.84. The molecule has 0 N–H and O–H groups in total. The van der Waals surface area contributed by atoms with Gasteiger partial charge in [0.05, 0.1) is 5.02 Å². The first kappa shape index (κ1) is 16.3. The molecule has 0 spiro atoms. The third kappa shape index (κ3) is 3.38. The first-order valence-corrected chi connectivity index (χ1v) is 7.97. The molecule has 0 saturated carbocycles. The number of nitrogens with zero attached hydrogens (tertiary/aromatic N) is 2. The number of carbonyl (C=O) groups is 1. The molecular weight excluding hydrogens is 378 g/mol. The highest BCUT2D eigenvalue weighted by Gasteiger charge is 2.17. The normalized spacial score (nSPS) is 10.8. The Bertz CT molecular complexity index is 888. The van der Waals surface area contributed by atoms with E-state index in [0.29, 0.717) is 26.5 Å². The van der Waals surface area contributed by atoms with E-state index in [4.69, 9.17) is 46.4 Å². The standard InChI is InChI=1S/C16H8Cl4N2O/c17-9-1-4-11(5-2-9)22-8-14(15(20)23)21-16(22)12-6-3-10(18)7-13(12)19/h1-8H. The fraction of sp³-hybridized carbons (Fsp3) is 0. The van der Waals surface area contributed by atoms with Gasteiger partial charge < -0.3 is 0 Å². The molecule has 0 aliphatic rings. The molecular formula is C16H8Cl4N2O. The maximum Gasteiger partial charge on any atom is 0.272 e. The zero-order valence-electron chi connectivity index (χ0n) is 11.4. The van der Waals surface area contributed by atoms with Crippen LogP contribution in [0.2, 0.25) is 15.1 Å². The molecule has 2 aromatic carbocycles. The maximum absolute atomic E-state index is 11.5. The molecule has 0 amide bonds. The van der Waals surface area contributed by atoms with Crippen molar-refractivity contribution in [1.29, 1.82) is 0 Å². The van der Waals surface area contributed by atoms with E-state index in [1.165, 1.54) is 0 Å². The van der Waals surface area contributed by atoms with E-state index in [1.807, 2.05) is 0 Å². The summed E-state index contributed by atoms with van der Waals surface area (Å²) in [6.45, 7) is 0. The number of benzene rings is 2. The summed E-state index contributed by atoms with van der Waals surface area (Å²) in [4.78, 5) is 15.8. The molecule has 7 heteroatoms. The summed E-state index contributed by atoms with van der Waals surface area (Å²) in [5.41, 5.74) is 1.53. The van der Waals surface area contributed by atoms with Crippen molar-refractivity contribution in [2.75, 3.05) is 0 Å². The van der Waals surface area contributed by atoms with Crippen molar-refractivity contribution in [3.05, 3.63) is 69.4 Å². The van der Waals surface area contributed by atoms with E-state index >= 15 is 0 Å². The van der Waals surface area contributed by atoms with Crippen molar-refractivity contribution < 1.29 is 4.79 Å². The first-order chi connectivity index (χ1) is 11.0. The summed E-state index contributed by atoms with van der Waals surface area (Å²) < 4.78 is 1.72. The van der Waals surface area contributed by atoms with Crippen molar-refractivity contribution in [3.8, 4) is 17.1 Å². The predicted molar refractivity (Wildman–Crippen MR) is 94.2 cm³/mol. The Hall–Kier alpha value is -1.52. The number of halogens is 4. The predicted octanol–water partition coefficient (Wildman–Crippen LogP) is 5.88. The SMILES string of the molecule is O=C(Cl)c1cn(-c2ccc(Cl)cc2)c(-c2ccc(Cl)cc2Cl)n1. The van der Waals surface area contributed by atoms with Gasteiger partial charge in [0.1, 0.15) is 11.5 Å². The van der Waals surface area contributed by atoms with Crippen molar-refractivity contribution in [3.63, 3.8) is 0 Å². The number of hydrogen-bond donors (Lipinski definition) is 0. The molecule has 0 saturated heterocycles. The van der Waals surface area contributed by atoms with Gasteiger partial charge in [-0.1, -0.05) is 34.8 Å².